The van der Waals surface area contributed by atoms with Crippen LogP contribution in [0.15, 0.2) is 0 Å². The summed E-state index contributed by atoms with van der Waals surface area (Å²) in [4.78, 5) is 0. The number of nitrogens with one attached hydrogen (secondary N) is 1. The van der Waals surface area contributed by atoms with E-state index in [9.17, 15) is 0 Å². The molecule has 0 spiro atoms. The van der Waals surface area contributed by atoms with Crippen LogP contribution in [-0.2, 0) is 4.74 Å². The van der Waals surface area contributed by atoms with Gasteiger partial charge in [-0.3, -0.25) is 3.53 Å². The molecule has 1 heterocycles. The standard InChI is InChI=1S/C6H12INO/c1-6(8-7)3-2-4-9-5-6/h8H,2-5H2,1H3. The van der Waals surface area contributed by atoms with Crippen molar-refractivity contribution >= 4 is 22.9 Å². The summed E-state index contributed by atoms with van der Waals surface area (Å²) >= 11 is 2.19. The van der Waals surface area contributed by atoms with E-state index in [2.05, 4.69) is 33.3 Å². The summed E-state index contributed by atoms with van der Waals surface area (Å²) in [5.41, 5.74) is 0.235. The third kappa shape index (κ3) is 2.05. The highest BCUT2D eigenvalue weighted by Crippen LogP contribution is 2.18. The number of hydrogen-bond donors (Lipinski definition) is 1. The molecule has 1 N–H and O–H groups in total. The minimum absolute atomic E-state index is 0.235. The van der Waals surface area contributed by atoms with Gasteiger partial charge in [0.25, 0.3) is 0 Å². The first-order chi connectivity index (χ1) is 4.27. The second-order valence-corrected chi connectivity index (χ2v) is 3.35. The van der Waals surface area contributed by atoms with Crippen molar-refractivity contribution in [2.75, 3.05) is 13.2 Å². The van der Waals surface area contributed by atoms with Crippen LogP contribution in [-0.4, -0.2) is 18.8 Å². The fourth-order valence-electron chi connectivity index (χ4n) is 1.01. The molecule has 0 aliphatic carbocycles. The van der Waals surface area contributed by atoms with Crippen LogP contribution in [0.3, 0.4) is 0 Å². The summed E-state index contributed by atoms with van der Waals surface area (Å²) in [7, 11) is 0. The molecule has 0 saturated carbocycles. The van der Waals surface area contributed by atoms with Crippen LogP contribution in [0.5, 0.6) is 0 Å². The van der Waals surface area contributed by atoms with Gasteiger partial charge in [0.15, 0.2) is 0 Å². The van der Waals surface area contributed by atoms with Crippen LogP contribution in [0.2, 0.25) is 0 Å². The number of rotatable bonds is 1. The van der Waals surface area contributed by atoms with E-state index < -0.39 is 0 Å². The Bertz CT molecular complexity index is 91.1. The van der Waals surface area contributed by atoms with Gasteiger partial charge >= 0.3 is 0 Å². The van der Waals surface area contributed by atoms with E-state index in [0.29, 0.717) is 0 Å². The Morgan fingerprint density at radius 1 is 1.67 bits per heavy atom. The van der Waals surface area contributed by atoms with Crippen molar-refractivity contribution in [1.82, 2.24) is 3.53 Å². The predicted molar refractivity (Wildman–Crippen MR) is 45.6 cm³/mol. The molecule has 0 aromatic carbocycles. The first-order valence-electron chi connectivity index (χ1n) is 3.22. The van der Waals surface area contributed by atoms with Crippen molar-refractivity contribution in [3.8, 4) is 0 Å². The number of halogens is 1. The van der Waals surface area contributed by atoms with Crippen LogP contribution < -0.4 is 3.53 Å². The Balaban J connectivity index is 2.37. The Morgan fingerprint density at radius 3 is 2.78 bits per heavy atom. The molecule has 1 unspecified atom stereocenters. The van der Waals surface area contributed by atoms with Crippen LogP contribution in [0.1, 0.15) is 19.8 Å². The van der Waals surface area contributed by atoms with E-state index in [1.807, 2.05) is 0 Å². The van der Waals surface area contributed by atoms with Gasteiger partial charge in [0.05, 0.1) is 6.61 Å². The molecule has 0 aromatic heterocycles. The maximum absolute atomic E-state index is 5.31. The van der Waals surface area contributed by atoms with Gasteiger partial charge in [0.2, 0.25) is 0 Å². The fraction of sp³-hybridized carbons (Fsp3) is 1.00. The molecule has 1 fully saturated rings. The molecule has 0 radical (unpaired) electrons. The average molecular weight is 241 g/mol. The van der Waals surface area contributed by atoms with Gasteiger partial charge in [-0.25, -0.2) is 0 Å². The van der Waals surface area contributed by atoms with Gasteiger partial charge in [-0.05, 0) is 19.8 Å². The van der Waals surface area contributed by atoms with Gasteiger partial charge in [0.1, 0.15) is 0 Å². The minimum Gasteiger partial charge on any atom is -0.380 e. The molecule has 0 amide bonds. The van der Waals surface area contributed by atoms with E-state index in [-0.39, 0.29) is 5.54 Å². The summed E-state index contributed by atoms with van der Waals surface area (Å²) in [5, 5.41) is 0. The van der Waals surface area contributed by atoms with Crippen LogP contribution in [0.4, 0.5) is 0 Å². The molecular formula is C6H12INO. The van der Waals surface area contributed by atoms with Crippen molar-refractivity contribution in [2.45, 2.75) is 25.3 Å². The van der Waals surface area contributed by atoms with Crippen molar-refractivity contribution < 1.29 is 4.74 Å². The van der Waals surface area contributed by atoms with Gasteiger partial charge in [-0.1, -0.05) is 0 Å². The summed E-state index contributed by atoms with van der Waals surface area (Å²) in [6, 6.07) is 0. The molecule has 0 bridgehead atoms. The van der Waals surface area contributed by atoms with Crippen LogP contribution in [0.25, 0.3) is 0 Å². The lowest BCUT2D eigenvalue weighted by Crippen LogP contribution is -2.43. The highest BCUT2D eigenvalue weighted by Gasteiger charge is 2.25. The number of hydrogen-bond acceptors (Lipinski definition) is 2. The molecule has 1 atom stereocenters. The maximum Gasteiger partial charge on any atom is 0.0652 e. The largest absolute Gasteiger partial charge is 0.380 e. The zero-order valence-corrected chi connectivity index (χ0v) is 7.77. The molecular weight excluding hydrogens is 229 g/mol. The summed E-state index contributed by atoms with van der Waals surface area (Å²) in [6.07, 6.45) is 2.42. The fourth-order valence-corrected chi connectivity index (χ4v) is 1.43. The third-order valence-corrected chi connectivity index (χ3v) is 2.97. The Labute approximate surface area is 69.8 Å². The smallest absolute Gasteiger partial charge is 0.0652 e. The molecule has 1 rings (SSSR count). The molecule has 1 aliphatic rings. The lowest BCUT2D eigenvalue weighted by atomic mass is 9.97. The highest BCUT2D eigenvalue weighted by atomic mass is 127. The van der Waals surface area contributed by atoms with Crippen LogP contribution in [0, 0.1) is 0 Å². The Morgan fingerprint density at radius 2 is 2.44 bits per heavy atom. The zero-order valence-electron chi connectivity index (χ0n) is 5.61. The number of ether oxygens (including phenoxy) is 1. The van der Waals surface area contributed by atoms with Crippen molar-refractivity contribution in [3.63, 3.8) is 0 Å². The zero-order chi connectivity index (χ0) is 6.74. The molecule has 3 heteroatoms. The van der Waals surface area contributed by atoms with Gasteiger partial charge < -0.3 is 4.74 Å². The van der Waals surface area contributed by atoms with E-state index in [1.165, 1.54) is 12.8 Å². The van der Waals surface area contributed by atoms with Gasteiger partial charge in [-0.15, -0.1) is 0 Å². The van der Waals surface area contributed by atoms with Gasteiger partial charge in [0, 0.05) is 35.0 Å². The lowest BCUT2D eigenvalue weighted by molar-refractivity contribution is 0.0418. The Hall–Kier alpha value is 0.650. The maximum atomic E-state index is 5.31. The highest BCUT2D eigenvalue weighted by molar-refractivity contribution is 14.1. The molecule has 0 aromatic rings. The lowest BCUT2D eigenvalue weighted by Gasteiger charge is -2.31. The first-order valence-corrected chi connectivity index (χ1v) is 4.30. The summed E-state index contributed by atoms with van der Waals surface area (Å²) in [6.45, 7) is 3.99. The van der Waals surface area contributed by atoms with Crippen molar-refractivity contribution in [1.29, 1.82) is 0 Å². The average Bonchev–Trinajstić information content (AvgIpc) is 1.90. The van der Waals surface area contributed by atoms with E-state index in [4.69, 9.17) is 4.74 Å². The molecule has 2 nitrogen and oxygen atoms in total. The molecule has 9 heavy (non-hydrogen) atoms. The van der Waals surface area contributed by atoms with E-state index in [0.717, 1.165) is 13.2 Å². The van der Waals surface area contributed by atoms with E-state index >= 15 is 0 Å². The third-order valence-electron chi connectivity index (χ3n) is 1.67. The summed E-state index contributed by atoms with van der Waals surface area (Å²) < 4.78 is 8.53. The Kier molecular flexibility index (Phi) is 2.73. The monoisotopic (exact) mass is 241 g/mol. The van der Waals surface area contributed by atoms with Crippen molar-refractivity contribution in [2.24, 2.45) is 0 Å². The molecule has 1 saturated heterocycles. The predicted octanol–water partition coefficient (Wildman–Crippen LogP) is 1.50. The quantitative estimate of drug-likeness (QED) is 0.554. The summed E-state index contributed by atoms with van der Waals surface area (Å²) in [5.74, 6) is 0. The minimum atomic E-state index is 0.235. The second kappa shape index (κ2) is 3.16. The first kappa shape index (κ1) is 7.75. The second-order valence-electron chi connectivity index (χ2n) is 2.81. The van der Waals surface area contributed by atoms with E-state index in [1.54, 1.807) is 0 Å². The molecule has 54 valence electrons. The van der Waals surface area contributed by atoms with Crippen LogP contribution >= 0.6 is 22.9 Å². The topological polar surface area (TPSA) is 21.3 Å². The normalized spacial score (nSPS) is 36.7. The molecule has 1 aliphatic heterocycles. The SMILES string of the molecule is CC1(NI)CCCOC1. The van der Waals surface area contributed by atoms with Gasteiger partial charge in [-0.2, -0.15) is 0 Å². The van der Waals surface area contributed by atoms with Crippen molar-refractivity contribution in [3.05, 3.63) is 0 Å².